The highest BCUT2D eigenvalue weighted by atomic mass is 32.2. The number of nitrogens with zero attached hydrogens (tertiary/aromatic N) is 3. The Bertz CT molecular complexity index is 1480. The quantitative estimate of drug-likeness (QED) is 0.201. The first-order chi connectivity index (χ1) is 18.2. The van der Waals surface area contributed by atoms with E-state index in [1.54, 1.807) is 17.2 Å². The zero-order valence-electron chi connectivity index (χ0n) is 19.9. The van der Waals surface area contributed by atoms with Gasteiger partial charge in [-0.05, 0) is 47.0 Å². The summed E-state index contributed by atoms with van der Waals surface area (Å²) in [4.78, 5) is 15.2. The first-order valence-electron chi connectivity index (χ1n) is 12.0. The van der Waals surface area contributed by atoms with E-state index in [1.165, 1.54) is 17.3 Å². The summed E-state index contributed by atoms with van der Waals surface area (Å²) < 4.78 is 5.92. The standard InChI is InChI=1S/C30H23N3O2S2/c34-29-28(37-30(36)32(29)20-25-12-7-17-35-25)18-21-13-15-24(16-14-21)33-27(23-10-5-2-6-11-23)19-26(31-33)22-8-3-1-4-9-22/h1-18,27H,19-20H2/b28-18+. The minimum atomic E-state index is -0.101. The molecule has 4 aromatic rings. The Hall–Kier alpha value is -3.94. The number of benzene rings is 3. The fourth-order valence-electron chi connectivity index (χ4n) is 4.56. The Morgan fingerprint density at radius 2 is 1.68 bits per heavy atom. The van der Waals surface area contributed by atoms with Crippen LogP contribution in [0.5, 0.6) is 0 Å². The van der Waals surface area contributed by atoms with Gasteiger partial charge in [0, 0.05) is 6.42 Å². The number of carbonyl (C=O) groups is 1. The minimum absolute atomic E-state index is 0.101. The van der Waals surface area contributed by atoms with Crippen molar-refractivity contribution in [3.8, 4) is 0 Å². The lowest BCUT2D eigenvalue weighted by molar-refractivity contribution is -0.122. The van der Waals surface area contributed by atoms with E-state index in [0.717, 1.165) is 28.9 Å². The third kappa shape index (κ3) is 4.88. The van der Waals surface area contributed by atoms with Crippen LogP contribution in [0.15, 0.2) is 118 Å². The second-order valence-corrected chi connectivity index (χ2v) is 10.5. The van der Waals surface area contributed by atoms with Gasteiger partial charge in [-0.3, -0.25) is 14.7 Å². The maximum Gasteiger partial charge on any atom is 0.266 e. The van der Waals surface area contributed by atoms with Crippen molar-refractivity contribution in [3.63, 3.8) is 0 Å². The fourth-order valence-corrected chi connectivity index (χ4v) is 5.81. The normalized spacial score (nSPS) is 18.6. The van der Waals surface area contributed by atoms with E-state index in [9.17, 15) is 4.79 Å². The van der Waals surface area contributed by atoms with Crippen molar-refractivity contribution < 1.29 is 9.21 Å². The number of anilines is 1. The number of furan rings is 1. The molecule has 1 atom stereocenters. The van der Waals surface area contributed by atoms with Crippen LogP contribution in [0.3, 0.4) is 0 Å². The molecule has 37 heavy (non-hydrogen) atoms. The second-order valence-electron chi connectivity index (χ2n) is 8.83. The number of carbonyl (C=O) groups excluding carboxylic acids is 1. The van der Waals surface area contributed by atoms with Crippen LogP contribution in [0, 0.1) is 0 Å². The van der Waals surface area contributed by atoms with Crippen LogP contribution in [0.25, 0.3) is 6.08 Å². The zero-order valence-corrected chi connectivity index (χ0v) is 21.5. The number of hydrogen-bond donors (Lipinski definition) is 0. The molecule has 0 spiro atoms. The van der Waals surface area contributed by atoms with Gasteiger partial charge < -0.3 is 4.42 Å². The third-order valence-electron chi connectivity index (χ3n) is 6.42. The van der Waals surface area contributed by atoms with Crippen molar-refractivity contribution in [2.24, 2.45) is 5.10 Å². The number of thioether (sulfide) groups is 1. The van der Waals surface area contributed by atoms with E-state index in [-0.39, 0.29) is 11.9 Å². The molecule has 5 nitrogen and oxygen atoms in total. The van der Waals surface area contributed by atoms with Gasteiger partial charge in [-0.25, -0.2) is 0 Å². The van der Waals surface area contributed by atoms with Gasteiger partial charge in [-0.15, -0.1) is 0 Å². The van der Waals surface area contributed by atoms with Crippen molar-refractivity contribution >= 4 is 51.7 Å². The largest absolute Gasteiger partial charge is 0.467 e. The molecule has 0 N–H and O–H groups in total. The Morgan fingerprint density at radius 1 is 0.946 bits per heavy atom. The summed E-state index contributed by atoms with van der Waals surface area (Å²) in [6.45, 7) is 0.339. The molecular weight excluding hydrogens is 498 g/mol. The van der Waals surface area contributed by atoms with Crippen molar-refractivity contribution in [2.75, 3.05) is 5.01 Å². The molecule has 1 amide bonds. The molecule has 2 aliphatic heterocycles. The van der Waals surface area contributed by atoms with Crippen LogP contribution in [-0.4, -0.2) is 20.8 Å². The molecule has 6 rings (SSSR count). The Labute approximate surface area is 225 Å². The molecule has 0 radical (unpaired) electrons. The van der Waals surface area contributed by atoms with Gasteiger partial charge >= 0.3 is 0 Å². The predicted octanol–water partition coefficient (Wildman–Crippen LogP) is 7.04. The number of thiocarbonyl (C=S) groups is 1. The van der Waals surface area contributed by atoms with Gasteiger partial charge in [0.25, 0.3) is 5.91 Å². The maximum absolute atomic E-state index is 13.0. The van der Waals surface area contributed by atoms with Crippen molar-refractivity contribution in [3.05, 3.63) is 131 Å². The number of hydrogen-bond acceptors (Lipinski definition) is 6. The lowest BCUT2D eigenvalue weighted by atomic mass is 9.98. The first kappa shape index (κ1) is 23.5. The van der Waals surface area contributed by atoms with E-state index in [0.29, 0.717) is 21.5 Å². The summed E-state index contributed by atoms with van der Waals surface area (Å²) in [6.07, 6.45) is 4.32. The summed E-state index contributed by atoms with van der Waals surface area (Å²) in [5, 5.41) is 7.13. The van der Waals surface area contributed by atoms with Crippen LogP contribution >= 0.6 is 24.0 Å². The van der Waals surface area contributed by atoms with E-state index in [4.69, 9.17) is 21.7 Å². The topological polar surface area (TPSA) is 49.1 Å². The molecule has 2 aliphatic rings. The second kappa shape index (κ2) is 10.2. The zero-order chi connectivity index (χ0) is 25.2. The van der Waals surface area contributed by atoms with E-state index in [2.05, 4.69) is 53.5 Å². The molecule has 182 valence electrons. The van der Waals surface area contributed by atoms with Crippen molar-refractivity contribution in [1.29, 1.82) is 0 Å². The van der Waals surface area contributed by atoms with Crippen LogP contribution in [0.2, 0.25) is 0 Å². The van der Waals surface area contributed by atoms with E-state index >= 15 is 0 Å². The number of rotatable bonds is 6. The highest BCUT2D eigenvalue weighted by Gasteiger charge is 2.33. The fraction of sp³-hybridized carbons (Fsp3) is 0.100. The van der Waals surface area contributed by atoms with Crippen LogP contribution in [0.4, 0.5) is 5.69 Å². The van der Waals surface area contributed by atoms with Gasteiger partial charge in [0.1, 0.15) is 10.1 Å². The number of amides is 1. The smallest absolute Gasteiger partial charge is 0.266 e. The highest BCUT2D eigenvalue weighted by Crippen LogP contribution is 2.38. The first-order valence-corrected chi connectivity index (χ1v) is 13.2. The SMILES string of the molecule is O=C1/C(=C\c2ccc(N3N=C(c4ccccc4)CC3c3ccccc3)cc2)SC(=S)N1Cc1ccco1. The average molecular weight is 522 g/mol. The van der Waals surface area contributed by atoms with E-state index < -0.39 is 0 Å². The van der Waals surface area contributed by atoms with Gasteiger partial charge in [-0.2, -0.15) is 5.10 Å². The van der Waals surface area contributed by atoms with Crippen LogP contribution in [0.1, 0.15) is 34.9 Å². The van der Waals surface area contributed by atoms with Crippen molar-refractivity contribution in [1.82, 2.24) is 4.90 Å². The van der Waals surface area contributed by atoms with Crippen molar-refractivity contribution in [2.45, 2.75) is 19.0 Å². The van der Waals surface area contributed by atoms with Crippen LogP contribution in [-0.2, 0) is 11.3 Å². The molecule has 3 aromatic carbocycles. The summed E-state index contributed by atoms with van der Waals surface area (Å²) in [6, 6.07) is 32.7. The van der Waals surface area contributed by atoms with Gasteiger partial charge in [0.15, 0.2) is 0 Å². The summed E-state index contributed by atoms with van der Waals surface area (Å²) in [5.74, 6) is 0.604. The Balaban J connectivity index is 1.25. The molecule has 3 heterocycles. The molecule has 1 fully saturated rings. The Morgan fingerprint density at radius 3 is 2.38 bits per heavy atom. The minimum Gasteiger partial charge on any atom is -0.467 e. The van der Waals surface area contributed by atoms with Gasteiger partial charge in [0.2, 0.25) is 0 Å². The molecular formula is C30H23N3O2S2. The van der Waals surface area contributed by atoms with E-state index in [1.807, 2.05) is 48.5 Å². The molecule has 7 heteroatoms. The molecule has 0 bridgehead atoms. The lowest BCUT2D eigenvalue weighted by Crippen LogP contribution is -2.27. The monoisotopic (exact) mass is 521 g/mol. The lowest BCUT2D eigenvalue weighted by Gasteiger charge is -2.24. The summed E-state index contributed by atoms with van der Waals surface area (Å²) >= 11 is 6.77. The Kier molecular flexibility index (Phi) is 6.47. The third-order valence-corrected chi connectivity index (χ3v) is 7.80. The molecule has 0 saturated carbocycles. The molecule has 1 saturated heterocycles. The number of hydrazone groups is 1. The highest BCUT2D eigenvalue weighted by molar-refractivity contribution is 8.26. The predicted molar refractivity (Wildman–Crippen MR) is 153 cm³/mol. The molecule has 1 aromatic heterocycles. The van der Waals surface area contributed by atoms with Gasteiger partial charge in [-0.1, -0.05) is 96.8 Å². The average Bonchev–Trinajstić information content (AvgIpc) is 3.68. The van der Waals surface area contributed by atoms with Crippen LogP contribution < -0.4 is 5.01 Å². The van der Waals surface area contributed by atoms with Gasteiger partial charge in [0.05, 0.1) is 35.2 Å². The summed E-state index contributed by atoms with van der Waals surface area (Å²) in [5.41, 5.74) is 5.37. The molecule has 0 aliphatic carbocycles. The maximum atomic E-state index is 13.0. The summed E-state index contributed by atoms with van der Waals surface area (Å²) in [7, 11) is 0. The molecule has 1 unspecified atom stereocenters.